The van der Waals surface area contributed by atoms with E-state index in [2.05, 4.69) is 10.6 Å². The summed E-state index contributed by atoms with van der Waals surface area (Å²) >= 11 is 0. The summed E-state index contributed by atoms with van der Waals surface area (Å²) in [6.07, 6.45) is 9.22. The highest BCUT2D eigenvalue weighted by Gasteiger charge is 2.67. The molecule has 3 aliphatic carbocycles. The highest BCUT2D eigenvalue weighted by atomic mass is 16.5. The maximum Gasteiger partial charge on any atom is 0.315 e. The molecule has 3 saturated carbocycles. The number of hydrogen-bond acceptors (Lipinski definition) is 3. The lowest BCUT2D eigenvalue weighted by Crippen LogP contribution is -2.72. The van der Waals surface area contributed by atoms with Gasteiger partial charge in [-0.1, -0.05) is 6.42 Å². The molecule has 0 aromatic rings. The smallest absolute Gasteiger partial charge is 0.315 e. The van der Waals surface area contributed by atoms with E-state index in [4.69, 9.17) is 4.74 Å². The molecule has 1 heterocycles. The number of carbonyl (C=O) groups excluding carboxylic acids is 1. The van der Waals surface area contributed by atoms with Crippen LogP contribution in [0.15, 0.2) is 0 Å². The molecule has 1 aliphatic heterocycles. The molecule has 3 atom stereocenters. The zero-order chi connectivity index (χ0) is 15.2. The average molecular weight is 308 g/mol. The number of aliphatic hydroxyl groups excluding tert-OH is 1. The molecular formula is C17H28N2O3. The zero-order valence-electron chi connectivity index (χ0n) is 13.2. The quantitative estimate of drug-likeness (QED) is 0.744. The van der Waals surface area contributed by atoms with E-state index < -0.39 is 0 Å². The van der Waals surface area contributed by atoms with Crippen LogP contribution in [0, 0.1) is 17.3 Å². The highest BCUT2D eigenvalue weighted by Crippen LogP contribution is 2.62. The van der Waals surface area contributed by atoms with Crippen LogP contribution in [0.4, 0.5) is 4.79 Å². The number of aliphatic hydroxyl groups is 1. The Labute approximate surface area is 132 Å². The molecule has 0 aromatic carbocycles. The summed E-state index contributed by atoms with van der Waals surface area (Å²) < 4.78 is 5.90. The van der Waals surface area contributed by atoms with Gasteiger partial charge < -0.3 is 20.5 Å². The molecule has 22 heavy (non-hydrogen) atoms. The predicted octanol–water partition coefficient (Wildman–Crippen LogP) is 1.79. The summed E-state index contributed by atoms with van der Waals surface area (Å²) in [6, 6.07) is 0.604. The fraction of sp³-hybridized carbons (Fsp3) is 0.941. The first-order chi connectivity index (χ1) is 10.7. The fourth-order valence-corrected chi connectivity index (χ4v) is 5.31. The molecule has 0 aromatic heterocycles. The van der Waals surface area contributed by atoms with Gasteiger partial charge in [0.1, 0.15) is 0 Å². The van der Waals surface area contributed by atoms with Crippen molar-refractivity contribution in [1.82, 2.24) is 10.6 Å². The molecule has 4 fully saturated rings. The third kappa shape index (κ3) is 2.24. The standard InChI is InChI=1S/C17H28N2O3/c20-10-11-2-4-12(5-3-11)18-16(21)19-14-13-6-9-22-15(13)17(14)7-1-8-17/h11-15,20H,1-10H2,(H2,18,19,21). The molecular weight excluding hydrogens is 280 g/mol. The average Bonchev–Trinajstić information content (AvgIpc) is 2.89. The molecule has 4 rings (SSSR count). The SMILES string of the molecule is O=C(NC1CCC(CO)CC1)NC1C2CCOC2C12CCC2. The molecule has 1 spiro atoms. The Morgan fingerprint density at radius 2 is 1.91 bits per heavy atom. The monoisotopic (exact) mass is 308 g/mol. The number of fused-ring (bicyclic) bond motifs is 2. The van der Waals surface area contributed by atoms with Crippen molar-refractivity contribution < 1.29 is 14.6 Å². The van der Waals surface area contributed by atoms with Crippen LogP contribution < -0.4 is 10.6 Å². The van der Waals surface area contributed by atoms with Gasteiger partial charge in [-0.25, -0.2) is 4.79 Å². The van der Waals surface area contributed by atoms with Crippen molar-refractivity contribution >= 4 is 6.03 Å². The Bertz CT molecular complexity index is 430. The van der Waals surface area contributed by atoms with Crippen molar-refractivity contribution in [2.75, 3.05) is 13.2 Å². The predicted molar refractivity (Wildman–Crippen MR) is 82.4 cm³/mol. The first-order valence-corrected chi connectivity index (χ1v) is 9.02. The van der Waals surface area contributed by atoms with E-state index in [1.165, 1.54) is 19.3 Å². The van der Waals surface area contributed by atoms with Gasteiger partial charge in [0.25, 0.3) is 0 Å². The van der Waals surface area contributed by atoms with Gasteiger partial charge in [0.2, 0.25) is 0 Å². The third-order valence-electron chi connectivity index (χ3n) is 6.76. The van der Waals surface area contributed by atoms with Crippen molar-refractivity contribution in [3.05, 3.63) is 0 Å². The lowest BCUT2D eigenvalue weighted by molar-refractivity contribution is -0.172. The van der Waals surface area contributed by atoms with Gasteiger partial charge in [0, 0.05) is 36.6 Å². The van der Waals surface area contributed by atoms with Crippen molar-refractivity contribution in [3.63, 3.8) is 0 Å². The fourth-order valence-electron chi connectivity index (χ4n) is 5.31. The minimum Gasteiger partial charge on any atom is -0.396 e. The largest absolute Gasteiger partial charge is 0.396 e. The molecule has 5 heteroatoms. The molecule has 4 aliphatic rings. The molecule has 0 bridgehead atoms. The molecule has 3 N–H and O–H groups in total. The van der Waals surface area contributed by atoms with Gasteiger partial charge in [-0.05, 0) is 50.9 Å². The van der Waals surface area contributed by atoms with Crippen molar-refractivity contribution in [3.8, 4) is 0 Å². The number of ether oxygens (including phenoxy) is 1. The number of rotatable bonds is 3. The normalized spacial score (nSPS) is 42.1. The van der Waals surface area contributed by atoms with Gasteiger partial charge in [-0.2, -0.15) is 0 Å². The van der Waals surface area contributed by atoms with Crippen LogP contribution in [0.3, 0.4) is 0 Å². The van der Waals surface area contributed by atoms with Gasteiger partial charge in [0.15, 0.2) is 0 Å². The van der Waals surface area contributed by atoms with E-state index in [0.717, 1.165) is 38.7 Å². The van der Waals surface area contributed by atoms with Crippen LogP contribution in [0.25, 0.3) is 0 Å². The Balaban J connectivity index is 1.29. The zero-order valence-corrected chi connectivity index (χ0v) is 13.2. The van der Waals surface area contributed by atoms with Gasteiger partial charge in [-0.3, -0.25) is 0 Å². The molecule has 5 nitrogen and oxygen atoms in total. The summed E-state index contributed by atoms with van der Waals surface area (Å²) in [6.45, 7) is 1.15. The van der Waals surface area contributed by atoms with E-state index in [-0.39, 0.29) is 24.1 Å². The van der Waals surface area contributed by atoms with Crippen molar-refractivity contribution in [2.45, 2.75) is 69.6 Å². The maximum atomic E-state index is 12.4. The van der Waals surface area contributed by atoms with E-state index in [1.807, 2.05) is 0 Å². The summed E-state index contributed by atoms with van der Waals surface area (Å²) in [5.41, 5.74) is 0.257. The first kappa shape index (κ1) is 14.8. The van der Waals surface area contributed by atoms with E-state index in [0.29, 0.717) is 24.0 Å². The van der Waals surface area contributed by atoms with Crippen LogP contribution >= 0.6 is 0 Å². The van der Waals surface area contributed by atoms with Crippen LogP contribution in [0.2, 0.25) is 0 Å². The van der Waals surface area contributed by atoms with Crippen LogP contribution in [0.1, 0.15) is 51.4 Å². The van der Waals surface area contributed by atoms with Crippen LogP contribution in [-0.2, 0) is 4.74 Å². The van der Waals surface area contributed by atoms with Crippen molar-refractivity contribution in [2.24, 2.45) is 17.3 Å². The minimum absolute atomic E-state index is 0.00840. The number of carbonyl (C=O) groups is 1. The second-order valence-electron chi connectivity index (χ2n) is 7.83. The number of nitrogens with one attached hydrogen (secondary N) is 2. The van der Waals surface area contributed by atoms with Crippen LogP contribution in [0.5, 0.6) is 0 Å². The van der Waals surface area contributed by atoms with E-state index >= 15 is 0 Å². The van der Waals surface area contributed by atoms with Gasteiger partial charge in [0.05, 0.1) is 6.10 Å². The summed E-state index contributed by atoms with van der Waals surface area (Å²) in [5.74, 6) is 0.971. The second-order valence-corrected chi connectivity index (χ2v) is 7.83. The summed E-state index contributed by atoms with van der Waals surface area (Å²) in [5, 5.41) is 15.6. The van der Waals surface area contributed by atoms with Crippen molar-refractivity contribution in [1.29, 1.82) is 0 Å². The summed E-state index contributed by atoms with van der Waals surface area (Å²) in [4.78, 5) is 12.4. The highest BCUT2D eigenvalue weighted by molar-refractivity contribution is 5.75. The number of amides is 2. The summed E-state index contributed by atoms with van der Waals surface area (Å²) in [7, 11) is 0. The van der Waals surface area contributed by atoms with Gasteiger partial charge >= 0.3 is 6.03 Å². The Kier molecular flexibility index (Phi) is 3.81. The van der Waals surface area contributed by atoms with E-state index in [1.54, 1.807) is 0 Å². The lowest BCUT2D eigenvalue weighted by Gasteiger charge is -2.63. The first-order valence-electron chi connectivity index (χ1n) is 9.02. The second kappa shape index (κ2) is 5.68. The topological polar surface area (TPSA) is 70.6 Å². The number of urea groups is 1. The number of hydrogen-bond donors (Lipinski definition) is 3. The molecule has 1 saturated heterocycles. The third-order valence-corrected chi connectivity index (χ3v) is 6.76. The molecule has 0 radical (unpaired) electrons. The van der Waals surface area contributed by atoms with Gasteiger partial charge in [-0.15, -0.1) is 0 Å². The minimum atomic E-state index is 0.00840. The Morgan fingerprint density at radius 3 is 2.55 bits per heavy atom. The van der Waals surface area contributed by atoms with Crippen LogP contribution in [-0.4, -0.2) is 42.5 Å². The Morgan fingerprint density at radius 1 is 1.14 bits per heavy atom. The molecule has 124 valence electrons. The molecule has 3 unspecified atom stereocenters. The Hall–Kier alpha value is -0.810. The molecule has 2 amide bonds. The maximum absolute atomic E-state index is 12.4. The van der Waals surface area contributed by atoms with E-state index in [9.17, 15) is 9.90 Å². The lowest BCUT2D eigenvalue weighted by atomic mass is 9.46.